The zero-order valence-corrected chi connectivity index (χ0v) is 14.1. The van der Waals surface area contributed by atoms with Gasteiger partial charge in [-0.1, -0.05) is 0 Å². The van der Waals surface area contributed by atoms with Crippen molar-refractivity contribution in [2.24, 2.45) is 0 Å². The average Bonchev–Trinajstić information content (AvgIpc) is 2.85. The SMILES string of the molecule is Cc1cc(C(O)CCNC(=O)c2ccc(N(C)C)cc2)c(C)o1. The number of nitrogens with one attached hydrogen (secondary N) is 1. The largest absolute Gasteiger partial charge is 0.466 e. The first kappa shape index (κ1) is 17.1. The quantitative estimate of drug-likeness (QED) is 0.860. The molecule has 0 aliphatic heterocycles. The van der Waals surface area contributed by atoms with E-state index in [2.05, 4.69) is 5.32 Å². The number of aryl methyl sites for hydroxylation is 2. The number of nitrogens with zero attached hydrogens (tertiary/aromatic N) is 1. The van der Waals surface area contributed by atoms with Crippen molar-refractivity contribution in [1.82, 2.24) is 5.32 Å². The monoisotopic (exact) mass is 316 g/mol. The van der Waals surface area contributed by atoms with Gasteiger partial charge in [0.1, 0.15) is 11.5 Å². The van der Waals surface area contributed by atoms with Crippen LogP contribution in [0, 0.1) is 13.8 Å². The molecule has 1 aromatic carbocycles. The molecular weight excluding hydrogens is 292 g/mol. The van der Waals surface area contributed by atoms with Crippen molar-refractivity contribution in [3.05, 3.63) is 53.0 Å². The fourth-order valence-electron chi connectivity index (χ4n) is 2.47. The molecule has 1 aromatic heterocycles. The minimum absolute atomic E-state index is 0.136. The van der Waals surface area contributed by atoms with Crippen molar-refractivity contribution >= 4 is 11.6 Å². The van der Waals surface area contributed by atoms with E-state index in [-0.39, 0.29) is 5.91 Å². The molecule has 2 aromatic rings. The molecule has 1 atom stereocenters. The summed E-state index contributed by atoms with van der Waals surface area (Å²) in [6.07, 6.45) is -0.190. The summed E-state index contributed by atoms with van der Waals surface area (Å²) in [4.78, 5) is 14.1. The number of rotatable bonds is 6. The highest BCUT2D eigenvalue weighted by Crippen LogP contribution is 2.23. The second-order valence-electron chi connectivity index (χ2n) is 5.87. The molecule has 1 amide bonds. The van der Waals surface area contributed by atoms with Crippen molar-refractivity contribution in [3.8, 4) is 0 Å². The first-order valence-electron chi connectivity index (χ1n) is 7.69. The number of hydrogen-bond acceptors (Lipinski definition) is 4. The summed E-state index contributed by atoms with van der Waals surface area (Å²) in [5.74, 6) is 1.37. The molecule has 0 saturated carbocycles. The van der Waals surface area contributed by atoms with Crippen LogP contribution in [0.15, 0.2) is 34.7 Å². The number of hydrogen-bond donors (Lipinski definition) is 2. The van der Waals surface area contributed by atoms with Crippen molar-refractivity contribution in [2.75, 3.05) is 25.5 Å². The maximum atomic E-state index is 12.1. The highest BCUT2D eigenvalue weighted by molar-refractivity contribution is 5.94. The first-order chi connectivity index (χ1) is 10.9. The Bertz CT molecular complexity index is 659. The van der Waals surface area contributed by atoms with Crippen molar-refractivity contribution in [1.29, 1.82) is 0 Å². The van der Waals surface area contributed by atoms with Gasteiger partial charge in [-0.2, -0.15) is 0 Å². The highest BCUT2D eigenvalue weighted by Gasteiger charge is 2.15. The Hall–Kier alpha value is -2.27. The van der Waals surface area contributed by atoms with E-state index in [1.54, 1.807) is 12.1 Å². The summed E-state index contributed by atoms with van der Waals surface area (Å²) >= 11 is 0. The topological polar surface area (TPSA) is 65.7 Å². The van der Waals surface area contributed by atoms with Crippen molar-refractivity contribution < 1.29 is 14.3 Å². The van der Waals surface area contributed by atoms with E-state index in [0.29, 0.717) is 18.5 Å². The summed E-state index contributed by atoms with van der Waals surface area (Å²) in [7, 11) is 3.91. The summed E-state index contributed by atoms with van der Waals surface area (Å²) in [5, 5.41) is 13.0. The lowest BCUT2D eigenvalue weighted by atomic mass is 10.1. The third-order valence-electron chi connectivity index (χ3n) is 3.79. The number of benzene rings is 1. The molecule has 124 valence electrons. The van der Waals surface area contributed by atoms with Gasteiger partial charge in [0.2, 0.25) is 0 Å². The lowest BCUT2D eigenvalue weighted by Gasteiger charge is -2.13. The Labute approximate surface area is 136 Å². The zero-order chi connectivity index (χ0) is 17.0. The van der Waals surface area contributed by atoms with Crippen LogP contribution in [-0.2, 0) is 0 Å². The van der Waals surface area contributed by atoms with Gasteiger partial charge in [0.25, 0.3) is 5.91 Å². The number of furan rings is 1. The maximum absolute atomic E-state index is 12.1. The van der Waals surface area contributed by atoms with E-state index in [0.717, 1.165) is 22.8 Å². The van der Waals surface area contributed by atoms with Gasteiger partial charge in [0.05, 0.1) is 6.10 Å². The van der Waals surface area contributed by atoms with Crippen molar-refractivity contribution in [2.45, 2.75) is 26.4 Å². The normalized spacial score (nSPS) is 12.0. The van der Waals surface area contributed by atoms with Crippen LogP contribution in [0.25, 0.3) is 0 Å². The molecule has 0 aliphatic rings. The molecule has 1 heterocycles. The van der Waals surface area contributed by atoms with Crippen LogP contribution in [0.1, 0.15) is 40.0 Å². The number of carbonyl (C=O) groups excluding carboxylic acids is 1. The second-order valence-corrected chi connectivity index (χ2v) is 5.87. The molecule has 0 saturated heterocycles. The van der Waals surface area contributed by atoms with Crippen LogP contribution in [0.4, 0.5) is 5.69 Å². The zero-order valence-electron chi connectivity index (χ0n) is 14.1. The molecule has 1 unspecified atom stereocenters. The van der Waals surface area contributed by atoms with E-state index in [4.69, 9.17) is 4.42 Å². The Morgan fingerprint density at radius 1 is 1.26 bits per heavy atom. The van der Waals surface area contributed by atoms with Gasteiger partial charge in [-0.05, 0) is 50.6 Å². The molecule has 0 fully saturated rings. The summed E-state index contributed by atoms with van der Waals surface area (Å²) in [6, 6.07) is 9.24. The number of anilines is 1. The van der Waals surface area contributed by atoms with Crippen molar-refractivity contribution in [3.63, 3.8) is 0 Å². The average molecular weight is 316 g/mol. The van der Waals surface area contributed by atoms with Gasteiger partial charge in [0, 0.05) is 37.5 Å². The molecule has 0 aliphatic carbocycles. The molecule has 2 N–H and O–H groups in total. The van der Waals surface area contributed by atoms with Crippen LogP contribution in [0.2, 0.25) is 0 Å². The summed E-state index contributed by atoms with van der Waals surface area (Å²) in [6.45, 7) is 4.08. The van der Waals surface area contributed by atoms with Gasteiger partial charge >= 0.3 is 0 Å². The molecule has 0 bridgehead atoms. The highest BCUT2D eigenvalue weighted by atomic mass is 16.3. The fraction of sp³-hybridized carbons (Fsp3) is 0.389. The van der Waals surface area contributed by atoms with Gasteiger partial charge in [-0.15, -0.1) is 0 Å². The molecule has 0 radical (unpaired) electrons. The molecule has 23 heavy (non-hydrogen) atoms. The maximum Gasteiger partial charge on any atom is 0.251 e. The standard InChI is InChI=1S/C18H24N2O3/c1-12-11-16(13(2)23-12)17(21)9-10-19-18(22)14-5-7-15(8-6-14)20(3)4/h5-8,11,17,21H,9-10H2,1-4H3,(H,19,22). The van der Waals surface area contributed by atoms with E-state index < -0.39 is 6.10 Å². The lowest BCUT2D eigenvalue weighted by Crippen LogP contribution is -2.25. The Balaban J connectivity index is 1.86. The minimum atomic E-state index is -0.635. The third kappa shape index (κ3) is 4.36. The van der Waals surface area contributed by atoms with E-state index in [1.807, 2.05) is 51.0 Å². The lowest BCUT2D eigenvalue weighted by molar-refractivity contribution is 0.0942. The first-order valence-corrected chi connectivity index (χ1v) is 7.69. The Morgan fingerprint density at radius 3 is 2.43 bits per heavy atom. The van der Waals surface area contributed by atoms with Gasteiger partial charge < -0.3 is 19.7 Å². The molecule has 5 heteroatoms. The van der Waals surface area contributed by atoms with E-state index in [9.17, 15) is 9.90 Å². The molecule has 2 rings (SSSR count). The summed E-state index contributed by atoms with van der Waals surface area (Å²) in [5.41, 5.74) is 2.44. The fourth-order valence-corrected chi connectivity index (χ4v) is 2.47. The van der Waals surface area contributed by atoms with Crippen LogP contribution in [0.3, 0.4) is 0 Å². The third-order valence-corrected chi connectivity index (χ3v) is 3.79. The summed E-state index contributed by atoms with van der Waals surface area (Å²) < 4.78 is 5.41. The predicted octanol–water partition coefficient (Wildman–Crippen LogP) is 2.82. The molecule has 5 nitrogen and oxygen atoms in total. The van der Waals surface area contributed by atoms with Crippen LogP contribution >= 0.6 is 0 Å². The number of aliphatic hydroxyl groups excluding tert-OH is 1. The number of aliphatic hydroxyl groups is 1. The van der Waals surface area contributed by atoms with Crippen LogP contribution in [-0.4, -0.2) is 31.7 Å². The smallest absolute Gasteiger partial charge is 0.251 e. The predicted molar refractivity (Wildman–Crippen MR) is 90.9 cm³/mol. The Kier molecular flexibility index (Phi) is 5.45. The van der Waals surface area contributed by atoms with Gasteiger partial charge in [-0.25, -0.2) is 0 Å². The van der Waals surface area contributed by atoms with Crippen LogP contribution < -0.4 is 10.2 Å². The molecular formula is C18H24N2O3. The van der Waals surface area contributed by atoms with Gasteiger partial charge in [-0.3, -0.25) is 4.79 Å². The van der Waals surface area contributed by atoms with E-state index in [1.165, 1.54) is 0 Å². The number of amides is 1. The Morgan fingerprint density at radius 2 is 1.91 bits per heavy atom. The number of carbonyl (C=O) groups is 1. The minimum Gasteiger partial charge on any atom is -0.466 e. The van der Waals surface area contributed by atoms with E-state index >= 15 is 0 Å². The molecule has 0 spiro atoms. The van der Waals surface area contributed by atoms with Gasteiger partial charge in [0.15, 0.2) is 0 Å². The van der Waals surface area contributed by atoms with Crippen LogP contribution in [0.5, 0.6) is 0 Å². The second kappa shape index (κ2) is 7.33.